The van der Waals surface area contributed by atoms with E-state index >= 15 is 0 Å². The van der Waals surface area contributed by atoms with Crippen molar-refractivity contribution in [3.05, 3.63) is 90.0 Å². The number of rotatable bonds is 12. The molecule has 0 aliphatic carbocycles. The van der Waals surface area contributed by atoms with Crippen molar-refractivity contribution in [1.82, 2.24) is 10.2 Å². The molecule has 202 valence electrons. The van der Waals surface area contributed by atoms with Gasteiger partial charge >= 0.3 is 0 Å². The summed E-state index contributed by atoms with van der Waals surface area (Å²) in [5, 5.41) is 2.83. The fourth-order valence-corrected chi connectivity index (χ4v) is 5.30. The monoisotopic (exact) mass is 537 g/mol. The highest BCUT2D eigenvalue weighted by Crippen LogP contribution is 2.25. The van der Waals surface area contributed by atoms with Crippen LogP contribution in [0, 0.1) is 6.92 Å². The quantitative estimate of drug-likeness (QED) is 0.375. The molecule has 38 heavy (non-hydrogen) atoms. The first-order valence-electron chi connectivity index (χ1n) is 12.5. The van der Waals surface area contributed by atoms with Crippen molar-refractivity contribution in [1.29, 1.82) is 0 Å². The van der Waals surface area contributed by atoms with E-state index in [2.05, 4.69) is 5.32 Å². The average molecular weight is 538 g/mol. The molecule has 0 radical (unpaired) electrons. The largest absolute Gasteiger partial charge is 0.497 e. The van der Waals surface area contributed by atoms with Crippen molar-refractivity contribution in [2.75, 3.05) is 24.5 Å². The smallest absolute Gasteiger partial charge is 0.264 e. The van der Waals surface area contributed by atoms with Gasteiger partial charge in [-0.25, -0.2) is 8.42 Å². The third-order valence-corrected chi connectivity index (χ3v) is 7.95. The molecule has 1 atom stereocenters. The molecule has 0 spiro atoms. The van der Waals surface area contributed by atoms with Gasteiger partial charge in [0, 0.05) is 13.1 Å². The molecule has 0 bridgehead atoms. The van der Waals surface area contributed by atoms with Gasteiger partial charge in [0.05, 0.1) is 17.7 Å². The third-order valence-electron chi connectivity index (χ3n) is 6.16. The first-order chi connectivity index (χ1) is 18.2. The van der Waals surface area contributed by atoms with Crippen molar-refractivity contribution >= 4 is 27.5 Å². The van der Waals surface area contributed by atoms with E-state index in [4.69, 9.17) is 4.74 Å². The Balaban J connectivity index is 1.99. The number of hydrogen-bond donors (Lipinski definition) is 1. The van der Waals surface area contributed by atoms with Gasteiger partial charge in [-0.2, -0.15) is 0 Å². The molecule has 3 aromatic carbocycles. The standard InChI is InChI=1S/C29H35N3O5S/c1-5-19-30-29(34)23(3)31(20-24-13-17-26(37-4)18-14-24)28(33)21-32(25-15-11-22(2)12-16-25)38(35,36)27-9-7-6-8-10-27/h6-18,23H,5,19-21H2,1-4H3,(H,30,34). The van der Waals surface area contributed by atoms with Crippen LogP contribution in [0.1, 0.15) is 31.4 Å². The molecule has 8 nitrogen and oxygen atoms in total. The number of benzene rings is 3. The highest BCUT2D eigenvalue weighted by molar-refractivity contribution is 7.92. The Morgan fingerprint density at radius 1 is 0.947 bits per heavy atom. The molecule has 0 aliphatic heterocycles. The average Bonchev–Trinajstić information content (AvgIpc) is 2.94. The van der Waals surface area contributed by atoms with Gasteiger partial charge in [-0.15, -0.1) is 0 Å². The molecule has 0 saturated heterocycles. The summed E-state index contributed by atoms with van der Waals surface area (Å²) in [6.07, 6.45) is 0.751. The van der Waals surface area contributed by atoms with E-state index in [1.54, 1.807) is 68.6 Å². The van der Waals surface area contributed by atoms with Gasteiger partial charge in [0.25, 0.3) is 10.0 Å². The summed E-state index contributed by atoms with van der Waals surface area (Å²) in [7, 11) is -2.50. The molecular formula is C29H35N3O5S. The van der Waals surface area contributed by atoms with Crippen LogP contribution in [-0.4, -0.2) is 51.4 Å². The Hall–Kier alpha value is -3.85. The lowest BCUT2D eigenvalue weighted by Crippen LogP contribution is -2.51. The zero-order valence-corrected chi connectivity index (χ0v) is 23.1. The van der Waals surface area contributed by atoms with Crippen molar-refractivity contribution < 1.29 is 22.7 Å². The number of anilines is 1. The van der Waals surface area contributed by atoms with Gasteiger partial charge in [-0.05, 0) is 62.2 Å². The van der Waals surface area contributed by atoms with Gasteiger partial charge in [-0.3, -0.25) is 13.9 Å². The maximum Gasteiger partial charge on any atom is 0.264 e. The number of aryl methyl sites for hydroxylation is 1. The maximum atomic E-state index is 13.8. The highest BCUT2D eigenvalue weighted by atomic mass is 32.2. The first-order valence-corrected chi connectivity index (χ1v) is 14.0. The molecule has 0 fully saturated rings. The normalized spacial score (nSPS) is 11.9. The Morgan fingerprint density at radius 2 is 1.58 bits per heavy atom. The number of amides is 2. The number of carbonyl (C=O) groups is 2. The zero-order valence-electron chi connectivity index (χ0n) is 22.3. The molecule has 3 rings (SSSR count). The van der Waals surface area contributed by atoms with E-state index in [1.165, 1.54) is 17.0 Å². The highest BCUT2D eigenvalue weighted by Gasteiger charge is 2.32. The number of ether oxygens (including phenoxy) is 1. The van der Waals surface area contributed by atoms with Crippen LogP contribution in [0.3, 0.4) is 0 Å². The third kappa shape index (κ3) is 7.13. The van der Waals surface area contributed by atoms with Crippen LogP contribution < -0.4 is 14.4 Å². The number of methoxy groups -OCH3 is 1. The summed E-state index contributed by atoms with van der Waals surface area (Å²) in [4.78, 5) is 28.2. The van der Waals surface area contributed by atoms with E-state index in [0.29, 0.717) is 18.0 Å². The Labute approximate surface area is 225 Å². The number of nitrogens with one attached hydrogen (secondary N) is 1. The molecule has 0 aromatic heterocycles. The summed E-state index contributed by atoms with van der Waals surface area (Å²) in [6.45, 7) is 5.62. The molecular weight excluding hydrogens is 502 g/mol. The lowest BCUT2D eigenvalue weighted by molar-refractivity contribution is -0.139. The van der Waals surface area contributed by atoms with E-state index in [1.807, 2.05) is 26.0 Å². The van der Waals surface area contributed by atoms with Crippen LogP contribution in [0.15, 0.2) is 83.8 Å². The SMILES string of the molecule is CCCNC(=O)C(C)N(Cc1ccc(OC)cc1)C(=O)CN(c1ccc(C)cc1)S(=O)(=O)c1ccccc1. The molecule has 1 unspecified atom stereocenters. The summed E-state index contributed by atoms with van der Waals surface area (Å²) >= 11 is 0. The predicted molar refractivity (Wildman–Crippen MR) is 148 cm³/mol. The van der Waals surface area contributed by atoms with Crippen LogP contribution >= 0.6 is 0 Å². The van der Waals surface area contributed by atoms with Gasteiger partial charge in [0.15, 0.2) is 0 Å². The van der Waals surface area contributed by atoms with Gasteiger partial charge < -0.3 is 15.0 Å². The van der Waals surface area contributed by atoms with E-state index in [0.717, 1.165) is 21.9 Å². The Bertz CT molecular complexity index is 1310. The minimum absolute atomic E-state index is 0.0730. The fourth-order valence-electron chi connectivity index (χ4n) is 3.87. The second-order valence-electron chi connectivity index (χ2n) is 9.00. The van der Waals surface area contributed by atoms with E-state index in [-0.39, 0.29) is 17.3 Å². The minimum Gasteiger partial charge on any atom is -0.497 e. The van der Waals surface area contributed by atoms with E-state index in [9.17, 15) is 18.0 Å². The summed E-state index contributed by atoms with van der Waals surface area (Å²) in [6, 6.07) is 21.3. The number of sulfonamides is 1. The van der Waals surface area contributed by atoms with Crippen molar-refractivity contribution in [3.63, 3.8) is 0 Å². The molecule has 3 aromatic rings. The van der Waals surface area contributed by atoms with Gasteiger partial charge in [0.2, 0.25) is 11.8 Å². The minimum atomic E-state index is -4.07. The van der Waals surface area contributed by atoms with Gasteiger partial charge in [-0.1, -0.05) is 55.0 Å². The fraction of sp³-hybridized carbons (Fsp3) is 0.310. The predicted octanol–water partition coefficient (Wildman–Crippen LogP) is 4.14. The van der Waals surface area contributed by atoms with Crippen molar-refractivity contribution in [2.24, 2.45) is 0 Å². The summed E-state index contributed by atoms with van der Waals surface area (Å²) < 4.78 is 33.7. The zero-order chi connectivity index (χ0) is 27.7. The molecule has 0 saturated carbocycles. The second kappa shape index (κ2) is 13.1. The Kier molecular flexibility index (Phi) is 9.90. The summed E-state index contributed by atoms with van der Waals surface area (Å²) in [5.41, 5.74) is 2.10. The number of carbonyl (C=O) groups excluding carboxylic acids is 2. The molecule has 9 heteroatoms. The first kappa shape index (κ1) is 28.7. The number of hydrogen-bond acceptors (Lipinski definition) is 5. The molecule has 2 amide bonds. The van der Waals surface area contributed by atoms with Gasteiger partial charge in [0.1, 0.15) is 18.3 Å². The summed E-state index contributed by atoms with van der Waals surface area (Å²) in [5.74, 6) is -0.138. The van der Waals surface area contributed by atoms with Crippen LogP contribution in [-0.2, 0) is 26.2 Å². The molecule has 1 N–H and O–H groups in total. The lowest BCUT2D eigenvalue weighted by Gasteiger charge is -2.32. The maximum absolute atomic E-state index is 13.8. The van der Waals surface area contributed by atoms with Crippen LogP contribution in [0.2, 0.25) is 0 Å². The van der Waals surface area contributed by atoms with Crippen LogP contribution in [0.5, 0.6) is 5.75 Å². The van der Waals surface area contributed by atoms with Crippen LogP contribution in [0.4, 0.5) is 5.69 Å². The number of nitrogens with zero attached hydrogens (tertiary/aromatic N) is 2. The molecule has 0 heterocycles. The van der Waals surface area contributed by atoms with E-state index < -0.39 is 28.5 Å². The van der Waals surface area contributed by atoms with Crippen molar-refractivity contribution in [3.8, 4) is 5.75 Å². The Morgan fingerprint density at radius 3 is 2.16 bits per heavy atom. The van der Waals surface area contributed by atoms with Crippen LogP contribution in [0.25, 0.3) is 0 Å². The van der Waals surface area contributed by atoms with Crippen molar-refractivity contribution in [2.45, 2.75) is 44.7 Å². The lowest BCUT2D eigenvalue weighted by atomic mass is 10.1. The molecule has 0 aliphatic rings. The second-order valence-corrected chi connectivity index (χ2v) is 10.9. The topological polar surface area (TPSA) is 96.0 Å².